The Morgan fingerprint density at radius 1 is 1.37 bits per heavy atom. The van der Waals surface area contributed by atoms with Gasteiger partial charge < -0.3 is 10.3 Å². The number of aliphatic hydroxyl groups excluding tert-OH is 1. The molecule has 11 heteroatoms. The molecule has 2 aromatic rings. The summed E-state index contributed by atoms with van der Waals surface area (Å²) in [5, 5.41) is 42.2. The van der Waals surface area contributed by atoms with Crippen molar-refractivity contribution in [1.82, 2.24) is 10.0 Å². The Hall–Kier alpha value is -3.31. The molecule has 11 nitrogen and oxygen atoms in total. The molecule has 0 aliphatic rings. The number of amides is 1. The minimum absolute atomic E-state index is 0.0573. The van der Waals surface area contributed by atoms with Crippen LogP contribution < -0.4 is 10.0 Å². The fourth-order valence-electron chi connectivity index (χ4n) is 3.44. The number of imidazole rings is 1. The van der Waals surface area contributed by atoms with Crippen LogP contribution in [0.25, 0.3) is 0 Å². The summed E-state index contributed by atoms with van der Waals surface area (Å²) in [6.45, 7) is 1.80. The van der Waals surface area contributed by atoms with Crippen molar-refractivity contribution in [3.05, 3.63) is 58.2 Å². The van der Waals surface area contributed by atoms with E-state index in [0.717, 1.165) is 5.69 Å². The van der Waals surface area contributed by atoms with Crippen molar-refractivity contribution in [2.24, 2.45) is 24.0 Å². The Kier molecular flexibility index (Phi) is 8.01. The van der Waals surface area contributed by atoms with Crippen LogP contribution in [0.1, 0.15) is 24.6 Å². The highest BCUT2D eigenvalue weighted by atomic mass is 16.6. The van der Waals surface area contributed by atoms with Crippen LogP contribution in [0, 0.1) is 22.0 Å². The molecule has 0 fully saturated rings. The SMILES string of the molecule is CCC(C(=O)NO)C(CO)Cc1c[n+](C/C(=N\O)c2ccc([N+](=O)[O-])cc2)cn1C. The second kappa shape index (κ2) is 10.5. The largest absolute Gasteiger partial charge is 0.411 e. The number of aryl methyl sites for hydroxylation is 1. The average Bonchev–Trinajstić information content (AvgIpc) is 3.10. The smallest absolute Gasteiger partial charge is 0.269 e. The van der Waals surface area contributed by atoms with Gasteiger partial charge in [0.05, 0.1) is 12.0 Å². The molecule has 0 bridgehead atoms. The van der Waals surface area contributed by atoms with Gasteiger partial charge in [0, 0.05) is 42.6 Å². The predicted octanol–water partition coefficient (Wildman–Crippen LogP) is 0.782. The number of benzene rings is 1. The van der Waals surface area contributed by atoms with Crippen LogP contribution >= 0.6 is 0 Å². The number of carbonyl (C=O) groups excluding carboxylic acids is 1. The van der Waals surface area contributed by atoms with Crippen molar-refractivity contribution in [2.45, 2.75) is 26.3 Å². The maximum absolute atomic E-state index is 11.9. The number of hydrogen-bond donors (Lipinski definition) is 4. The Morgan fingerprint density at radius 3 is 2.53 bits per heavy atom. The van der Waals surface area contributed by atoms with E-state index in [1.165, 1.54) is 24.3 Å². The molecule has 30 heavy (non-hydrogen) atoms. The van der Waals surface area contributed by atoms with Gasteiger partial charge in [0.2, 0.25) is 12.2 Å². The number of rotatable bonds is 10. The number of nitro benzene ring substituents is 1. The summed E-state index contributed by atoms with van der Waals surface area (Å²) < 4.78 is 3.60. The molecule has 1 amide bonds. The maximum atomic E-state index is 11.9. The minimum Gasteiger partial charge on any atom is -0.411 e. The van der Waals surface area contributed by atoms with Gasteiger partial charge in [-0.3, -0.25) is 20.1 Å². The summed E-state index contributed by atoms with van der Waals surface area (Å²) in [6, 6.07) is 5.70. The number of aromatic nitrogens is 2. The van der Waals surface area contributed by atoms with E-state index in [-0.39, 0.29) is 24.8 Å². The van der Waals surface area contributed by atoms with Gasteiger partial charge in [0.1, 0.15) is 24.1 Å². The molecule has 162 valence electrons. The summed E-state index contributed by atoms with van der Waals surface area (Å²) in [5.41, 5.74) is 3.28. The highest BCUT2D eigenvalue weighted by Gasteiger charge is 2.29. The van der Waals surface area contributed by atoms with E-state index in [1.807, 2.05) is 24.7 Å². The summed E-state index contributed by atoms with van der Waals surface area (Å²) in [6.07, 6.45) is 4.44. The lowest BCUT2D eigenvalue weighted by atomic mass is 9.86. The third-order valence-electron chi connectivity index (χ3n) is 5.12. The predicted molar refractivity (Wildman–Crippen MR) is 105 cm³/mol. The average molecular weight is 420 g/mol. The van der Waals surface area contributed by atoms with Crippen molar-refractivity contribution >= 4 is 17.3 Å². The Labute approximate surface area is 173 Å². The van der Waals surface area contributed by atoms with E-state index in [9.17, 15) is 25.2 Å². The first kappa shape index (κ1) is 23.0. The van der Waals surface area contributed by atoms with Gasteiger partial charge in [0.15, 0.2) is 0 Å². The second-order valence-corrected chi connectivity index (χ2v) is 7.01. The third kappa shape index (κ3) is 5.39. The number of nitrogens with zero attached hydrogens (tertiary/aromatic N) is 4. The topological polar surface area (TPSA) is 154 Å². The summed E-state index contributed by atoms with van der Waals surface area (Å²) in [5.74, 6) is -1.46. The van der Waals surface area contributed by atoms with Gasteiger partial charge in [-0.05, 0) is 18.6 Å². The standard InChI is InChI=1S/C19H25N5O6/c1-3-17(19(26)21-28)14(11-25)8-16-9-23(12-22(16)2)10-18(20-27)13-4-6-15(7-5-13)24(29)30/h4-7,9,12,14,17,25H,3,8,10-11H2,1-2H3,(H2-,21,26,27,28)/p+1/b20-18+. The first-order chi connectivity index (χ1) is 14.3. The Bertz CT molecular complexity index is 909. The zero-order valence-electron chi connectivity index (χ0n) is 16.8. The lowest BCUT2D eigenvalue weighted by Gasteiger charge is -2.21. The van der Waals surface area contributed by atoms with Crippen LogP contribution in [0.2, 0.25) is 0 Å². The number of aliphatic hydroxyl groups is 1. The minimum atomic E-state index is -0.543. The van der Waals surface area contributed by atoms with E-state index in [0.29, 0.717) is 24.1 Å². The zero-order valence-corrected chi connectivity index (χ0v) is 16.8. The number of carbonyl (C=O) groups is 1. The summed E-state index contributed by atoms with van der Waals surface area (Å²) in [7, 11) is 1.81. The number of non-ortho nitro benzene ring substituents is 1. The number of hydroxylamine groups is 1. The van der Waals surface area contributed by atoms with Crippen molar-refractivity contribution in [3.63, 3.8) is 0 Å². The van der Waals surface area contributed by atoms with Gasteiger partial charge in [-0.15, -0.1) is 0 Å². The van der Waals surface area contributed by atoms with Crippen molar-refractivity contribution < 1.29 is 29.8 Å². The first-order valence-corrected chi connectivity index (χ1v) is 9.39. The normalized spacial score (nSPS) is 13.7. The van der Waals surface area contributed by atoms with E-state index in [4.69, 9.17) is 5.21 Å². The van der Waals surface area contributed by atoms with E-state index >= 15 is 0 Å². The molecule has 0 radical (unpaired) electrons. The van der Waals surface area contributed by atoms with E-state index in [1.54, 1.807) is 16.4 Å². The second-order valence-electron chi connectivity index (χ2n) is 7.01. The molecular formula is C19H26N5O6+. The monoisotopic (exact) mass is 420 g/mol. The van der Waals surface area contributed by atoms with Gasteiger partial charge in [-0.25, -0.2) is 14.6 Å². The molecule has 1 aromatic heterocycles. The van der Waals surface area contributed by atoms with Crippen molar-refractivity contribution in [1.29, 1.82) is 0 Å². The number of hydrogen-bond acceptors (Lipinski definition) is 7. The highest BCUT2D eigenvalue weighted by molar-refractivity contribution is 5.99. The highest BCUT2D eigenvalue weighted by Crippen LogP contribution is 2.20. The van der Waals surface area contributed by atoms with Crippen LogP contribution in [0.3, 0.4) is 0 Å². The molecule has 2 unspecified atom stereocenters. The summed E-state index contributed by atoms with van der Waals surface area (Å²) in [4.78, 5) is 22.1. The molecule has 0 aliphatic carbocycles. The molecule has 1 aromatic carbocycles. The molecular weight excluding hydrogens is 394 g/mol. The first-order valence-electron chi connectivity index (χ1n) is 9.39. The fourth-order valence-corrected chi connectivity index (χ4v) is 3.44. The molecule has 0 spiro atoms. The molecule has 1 heterocycles. The van der Waals surface area contributed by atoms with Gasteiger partial charge >= 0.3 is 0 Å². The van der Waals surface area contributed by atoms with Crippen molar-refractivity contribution in [2.75, 3.05) is 6.61 Å². The Morgan fingerprint density at radius 2 is 2.03 bits per heavy atom. The van der Waals surface area contributed by atoms with Crippen LogP contribution in [0.15, 0.2) is 41.9 Å². The maximum Gasteiger partial charge on any atom is 0.269 e. The molecule has 0 aliphatic heterocycles. The van der Waals surface area contributed by atoms with Crippen LogP contribution in [0.5, 0.6) is 0 Å². The van der Waals surface area contributed by atoms with Crippen molar-refractivity contribution in [3.8, 4) is 0 Å². The molecule has 2 rings (SSSR count). The van der Waals surface area contributed by atoms with E-state index < -0.39 is 16.7 Å². The van der Waals surface area contributed by atoms with Gasteiger partial charge in [-0.2, -0.15) is 0 Å². The van der Waals surface area contributed by atoms with Crippen LogP contribution in [-0.4, -0.2) is 43.2 Å². The van der Waals surface area contributed by atoms with E-state index in [2.05, 4.69) is 5.16 Å². The molecule has 4 N–H and O–H groups in total. The molecule has 2 atom stereocenters. The number of nitro groups is 1. The lowest BCUT2D eigenvalue weighted by molar-refractivity contribution is -0.681. The van der Waals surface area contributed by atoms with Gasteiger partial charge in [0.25, 0.3) is 5.69 Å². The third-order valence-corrected chi connectivity index (χ3v) is 5.12. The fraction of sp³-hybridized carbons (Fsp3) is 0.421. The lowest BCUT2D eigenvalue weighted by Crippen LogP contribution is -2.36. The Balaban J connectivity index is 2.18. The van der Waals surface area contributed by atoms with Crippen LogP contribution in [0.4, 0.5) is 5.69 Å². The van der Waals surface area contributed by atoms with Gasteiger partial charge in [-0.1, -0.05) is 12.1 Å². The number of nitrogens with one attached hydrogen (secondary N) is 1. The number of oxime groups is 1. The molecule has 0 saturated carbocycles. The van der Waals surface area contributed by atoms with Crippen LogP contribution in [-0.2, 0) is 24.8 Å². The zero-order chi connectivity index (χ0) is 22.3. The quantitative estimate of drug-likeness (QED) is 0.111. The summed E-state index contributed by atoms with van der Waals surface area (Å²) >= 11 is 0. The molecule has 0 saturated heterocycles.